The molecule has 0 spiro atoms. The highest BCUT2D eigenvalue weighted by molar-refractivity contribution is 5.90. The number of amides is 1. The van der Waals surface area contributed by atoms with E-state index in [0.29, 0.717) is 18.3 Å². The number of carbonyl (C=O) groups excluding carboxylic acids is 1. The summed E-state index contributed by atoms with van der Waals surface area (Å²) in [5, 5.41) is 8.24. The minimum Gasteiger partial charge on any atom is -0.339 e. The molecule has 124 valence electrons. The largest absolute Gasteiger partial charge is 0.339 e. The second-order valence-corrected chi connectivity index (χ2v) is 6.25. The van der Waals surface area contributed by atoms with Crippen LogP contribution in [0.4, 0.5) is 0 Å². The first kappa shape index (κ1) is 15.6. The molecule has 0 bridgehead atoms. The molecular weight excluding hydrogens is 296 g/mol. The van der Waals surface area contributed by atoms with Gasteiger partial charge in [-0.3, -0.25) is 9.48 Å². The van der Waals surface area contributed by atoms with E-state index in [1.165, 1.54) is 11.0 Å². The van der Waals surface area contributed by atoms with Gasteiger partial charge in [-0.05, 0) is 12.8 Å². The number of aromatic nitrogens is 5. The Morgan fingerprint density at radius 3 is 2.83 bits per heavy atom. The summed E-state index contributed by atoms with van der Waals surface area (Å²) in [7, 11) is 1.75. The highest BCUT2D eigenvalue weighted by Gasteiger charge is 2.32. The summed E-state index contributed by atoms with van der Waals surface area (Å²) in [4.78, 5) is 23.1. The molecule has 2 aromatic rings. The molecule has 0 N–H and O–H groups in total. The van der Waals surface area contributed by atoms with Gasteiger partial charge in [0.2, 0.25) is 11.7 Å². The van der Waals surface area contributed by atoms with Crippen LogP contribution in [0.2, 0.25) is 0 Å². The SMILES string of the molecule is CC(C)c1nc(C2CCCCCN2C(=O)c2ncn(C)n2)no1. The third kappa shape index (κ3) is 3.25. The molecule has 8 nitrogen and oxygen atoms in total. The Hall–Kier alpha value is -2.25. The monoisotopic (exact) mass is 318 g/mol. The predicted molar refractivity (Wildman–Crippen MR) is 81.6 cm³/mol. The van der Waals surface area contributed by atoms with Crippen LogP contribution in [-0.4, -0.2) is 42.3 Å². The number of carbonyl (C=O) groups is 1. The van der Waals surface area contributed by atoms with Crippen LogP contribution in [0.25, 0.3) is 0 Å². The summed E-state index contributed by atoms with van der Waals surface area (Å²) in [6, 6.07) is -0.176. The molecule has 0 saturated carbocycles. The maximum atomic E-state index is 12.8. The molecule has 0 aromatic carbocycles. The van der Waals surface area contributed by atoms with Gasteiger partial charge in [-0.2, -0.15) is 4.98 Å². The van der Waals surface area contributed by atoms with Crippen LogP contribution in [0.1, 0.15) is 73.8 Å². The van der Waals surface area contributed by atoms with Crippen molar-refractivity contribution >= 4 is 5.91 Å². The van der Waals surface area contributed by atoms with Gasteiger partial charge in [0.05, 0.1) is 6.04 Å². The Morgan fingerprint density at radius 2 is 2.17 bits per heavy atom. The van der Waals surface area contributed by atoms with Crippen LogP contribution < -0.4 is 0 Å². The molecule has 1 fully saturated rings. The van der Waals surface area contributed by atoms with E-state index < -0.39 is 0 Å². The first-order valence-electron chi connectivity index (χ1n) is 8.06. The van der Waals surface area contributed by atoms with Gasteiger partial charge >= 0.3 is 0 Å². The van der Waals surface area contributed by atoms with Crippen molar-refractivity contribution in [3.63, 3.8) is 0 Å². The zero-order valence-corrected chi connectivity index (χ0v) is 13.8. The number of hydrogen-bond acceptors (Lipinski definition) is 6. The van der Waals surface area contributed by atoms with Crippen LogP contribution in [0.15, 0.2) is 10.9 Å². The van der Waals surface area contributed by atoms with E-state index in [1.807, 2.05) is 13.8 Å². The number of aryl methyl sites for hydroxylation is 1. The van der Waals surface area contributed by atoms with Gasteiger partial charge in [0.25, 0.3) is 5.91 Å². The summed E-state index contributed by atoms with van der Waals surface area (Å²) < 4.78 is 6.86. The van der Waals surface area contributed by atoms with Crippen molar-refractivity contribution < 1.29 is 9.32 Å². The Morgan fingerprint density at radius 1 is 1.35 bits per heavy atom. The van der Waals surface area contributed by atoms with E-state index in [-0.39, 0.29) is 23.7 Å². The molecule has 0 radical (unpaired) electrons. The minimum absolute atomic E-state index is 0.170. The Labute approximate surface area is 134 Å². The molecule has 0 aliphatic carbocycles. The molecule has 23 heavy (non-hydrogen) atoms. The molecule has 1 aliphatic heterocycles. The summed E-state index contributed by atoms with van der Waals surface area (Å²) >= 11 is 0. The fourth-order valence-corrected chi connectivity index (χ4v) is 2.80. The normalized spacial score (nSPS) is 19.1. The molecular formula is C15H22N6O2. The van der Waals surface area contributed by atoms with Crippen LogP contribution in [-0.2, 0) is 7.05 Å². The molecule has 1 saturated heterocycles. The van der Waals surface area contributed by atoms with Gasteiger partial charge < -0.3 is 9.42 Å². The fourth-order valence-electron chi connectivity index (χ4n) is 2.80. The van der Waals surface area contributed by atoms with Crippen LogP contribution in [0, 0.1) is 0 Å². The van der Waals surface area contributed by atoms with Crippen LogP contribution >= 0.6 is 0 Å². The Balaban J connectivity index is 1.89. The molecule has 3 heterocycles. The van der Waals surface area contributed by atoms with Crippen molar-refractivity contribution in [2.45, 2.75) is 51.5 Å². The fraction of sp³-hybridized carbons (Fsp3) is 0.667. The molecule has 1 aliphatic rings. The average Bonchev–Trinajstić information content (AvgIpc) is 3.10. The molecule has 1 atom stereocenters. The van der Waals surface area contributed by atoms with E-state index in [0.717, 1.165) is 25.7 Å². The Bertz CT molecular complexity index is 677. The van der Waals surface area contributed by atoms with Crippen molar-refractivity contribution in [2.75, 3.05) is 6.54 Å². The lowest BCUT2D eigenvalue weighted by Gasteiger charge is -2.26. The van der Waals surface area contributed by atoms with Crippen molar-refractivity contribution in [1.82, 2.24) is 29.8 Å². The van der Waals surface area contributed by atoms with Gasteiger partial charge in [0.15, 0.2) is 5.82 Å². The highest BCUT2D eigenvalue weighted by Crippen LogP contribution is 2.30. The van der Waals surface area contributed by atoms with E-state index in [1.54, 1.807) is 11.9 Å². The van der Waals surface area contributed by atoms with E-state index in [4.69, 9.17) is 4.52 Å². The van der Waals surface area contributed by atoms with Gasteiger partial charge in [0, 0.05) is 19.5 Å². The molecule has 2 aromatic heterocycles. The summed E-state index contributed by atoms with van der Waals surface area (Å²) in [6.45, 7) is 4.67. The maximum absolute atomic E-state index is 12.8. The average molecular weight is 318 g/mol. The number of nitrogens with zero attached hydrogens (tertiary/aromatic N) is 6. The standard InChI is InChI=1S/C15H22N6O2/c1-10(2)14-17-12(19-23-14)11-7-5-4-6-8-21(11)15(22)13-16-9-20(3)18-13/h9-11H,4-8H2,1-3H3. The van der Waals surface area contributed by atoms with Gasteiger partial charge in [-0.15, -0.1) is 5.10 Å². The van der Waals surface area contributed by atoms with E-state index in [2.05, 4.69) is 20.2 Å². The second-order valence-electron chi connectivity index (χ2n) is 6.25. The molecule has 1 amide bonds. The lowest BCUT2D eigenvalue weighted by atomic mass is 10.1. The lowest BCUT2D eigenvalue weighted by molar-refractivity contribution is 0.0657. The zero-order valence-electron chi connectivity index (χ0n) is 13.8. The van der Waals surface area contributed by atoms with Gasteiger partial charge in [0.1, 0.15) is 6.33 Å². The van der Waals surface area contributed by atoms with Gasteiger partial charge in [-0.1, -0.05) is 31.8 Å². The molecule has 1 unspecified atom stereocenters. The first-order chi connectivity index (χ1) is 11.1. The third-order valence-corrected chi connectivity index (χ3v) is 4.05. The number of hydrogen-bond donors (Lipinski definition) is 0. The number of likely N-dealkylation sites (tertiary alicyclic amines) is 1. The van der Waals surface area contributed by atoms with Crippen LogP contribution in [0.5, 0.6) is 0 Å². The second kappa shape index (κ2) is 6.47. The van der Waals surface area contributed by atoms with Crippen LogP contribution in [0.3, 0.4) is 0 Å². The van der Waals surface area contributed by atoms with Gasteiger partial charge in [-0.25, -0.2) is 4.98 Å². The lowest BCUT2D eigenvalue weighted by Crippen LogP contribution is -2.36. The highest BCUT2D eigenvalue weighted by atomic mass is 16.5. The van der Waals surface area contributed by atoms with E-state index in [9.17, 15) is 4.79 Å². The maximum Gasteiger partial charge on any atom is 0.294 e. The smallest absolute Gasteiger partial charge is 0.294 e. The van der Waals surface area contributed by atoms with Crippen molar-refractivity contribution in [2.24, 2.45) is 7.05 Å². The summed E-state index contributed by atoms with van der Waals surface area (Å²) in [5.41, 5.74) is 0. The zero-order chi connectivity index (χ0) is 16.4. The van der Waals surface area contributed by atoms with Crippen molar-refractivity contribution in [3.05, 3.63) is 23.9 Å². The summed E-state index contributed by atoms with van der Waals surface area (Å²) in [6.07, 6.45) is 5.45. The van der Waals surface area contributed by atoms with Crippen molar-refractivity contribution in [3.8, 4) is 0 Å². The predicted octanol–water partition coefficient (Wildman–Crippen LogP) is 2.08. The summed E-state index contributed by atoms with van der Waals surface area (Å²) in [5.74, 6) is 1.40. The first-order valence-corrected chi connectivity index (χ1v) is 8.06. The minimum atomic E-state index is -0.176. The Kier molecular flexibility index (Phi) is 4.40. The topological polar surface area (TPSA) is 89.9 Å². The molecule has 3 rings (SSSR count). The van der Waals surface area contributed by atoms with Crippen molar-refractivity contribution in [1.29, 1.82) is 0 Å². The molecule has 8 heteroatoms. The van der Waals surface area contributed by atoms with E-state index >= 15 is 0 Å². The number of rotatable bonds is 3. The quantitative estimate of drug-likeness (QED) is 0.860. The third-order valence-electron chi connectivity index (χ3n) is 4.05.